The van der Waals surface area contributed by atoms with Crippen molar-refractivity contribution in [2.75, 3.05) is 31.6 Å². The summed E-state index contributed by atoms with van der Waals surface area (Å²) in [6, 6.07) is 12.2. The van der Waals surface area contributed by atoms with Crippen LogP contribution in [0.1, 0.15) is 42.1 Å². The summed E-state index contributed by atoms with van der Waals surface area (Å²) in [6.07, 6.45) is 9.32. The number of likely N-dealkylation sites (tertiary alicyclic amines) is 1. The molecule has 1 spiro atoms. The Hall–Kier alpha value is -2.66. The second-order valence-corrected chi connectivity index (χ2v) is 8.03. The highest BCUT2D eigenvalue weighted by Gasteiger charge is 2.37. The fraction of sp³-hybridized carbons (Fsp3) is 0.417. The highest BCUT2D eigenvalue weighted by atomic mass is 16.5. The van der Waals surface area contributed by atoms with Crippen LogP contribution in [0.15, 0.2) is 60.4 Å². The van der Waals surface area contributed by atoms with E-state index in [0.29, 0.717) is 18.7 Å². The van der Waals surface area contributed by atoms with Crippen LogP contribution < -0.4 is 5.32 Å². The van der Waals surface area contributed by atoms with Crippen LogP contribution in [0.2, 0.25) is 0 Å². The molecule has 29 heavy (non-hydrogen) atoms. The lowest BCUT2D eigenvalue weighted by molar-refractivity contribution is -0.0522. The number of aromatic nitrogens is 1. The van der Waals surface area contributed by atoms with Gasteiger partial charge in [0.1, 0.15) is 0 Å². The van der Waals surface area contributed by atoms with E-state index in [-0.39, 0.29) is 11.5 Å². The lowest BCUT2D eigenvalue weighted by Gasteiger charge is -2.42. The third-order valence-electron chi connectivity index (χ3n) is 5.92. The zero-order valence-corrected chi connectivity index (χ0v) is 17.1. The average Bonchev–Trinajstić information content (AvgIpc) is 2.75. The van der Waals surface area contributed by atoms with E-state index in [1.807, 2.05) is 29.2 Å². The minimum atomic E-state index is -0.176. The van der Waals surface area contributed by atoms with Crippen LogP contribution in [-0.4, -0.2) is 47.6 Å². The highest BCUT2D eigenvalue weighted by Crippen LogP contribution is 2.33. The Morgan fingerprint density at radius 3 is 2.76 bits per heavy atom. The van der Waals surface area contributed by atoms with Crippen LogP contribution in [0, 0.1) is 0 Å². The molecule has 1 amide bonds. The van der Waals surface area contributed by atoms with Gasteiger partial charge in [-0.25, -0.2) is 0 Å². The maximum Gasteiger partial charge on any atom is 0.257 e. The smallest absolute Gasteiger partial charge is 0.257 e. The number of pyridine rings is 1. The van der Waals surface area contributed by atoms with Gasteiger partial charge in [0.05, 0.1) is 23.5 Å². The van der Waals surface area contributed by atoms with Gasteiger partial charge in [0.2, 0.25) is 0 Å². The molecule has 152 valence electrons. The van der Waals surface area contributed by atoms with Gasteiger partial charge in [0.15, 0.2) is 0 Å². The number of ether oxygens (including phenoxy) is 1. The van der Waals surface area contributed by atoms with Crippen molar-refractivity contribution < 1.29 is 9.53 Å². The molecule has 1 N–H and O–H groups in total. The monoisotopic (exact) mass is 391 g/mol. The first-order valence-corrected chi connectivity index (χ1v) is 10.5. The van der Waals surface area contributed by atoms with Crippen molar-refractivity contribution in [3.63, 3.8) is 0 Å². The number of anilines is 1. The van der Waals surface area contributed by atoms with E-state index in [4.69, 9.17) is 4.74 Å². The van der Waals surface area contributed by atoms with Crippen LogP contribution in [0.25, 0.3) is 0 Å². The Morgan fingerprint density at radius 2 is 2.00 bits per heavy atom. The molecule has 5 nitrogen and oxygen atoms in total. The summed E-state index contributed by atoms with van der Waals surface area (Å²) in [4.78, 5) is 19.3. The van der Waals surface area contributed by atoms with E-state index in [2.05, 4.69) is 35.4 Å². The molecule has 1 fully saturated rings. The van der Waals surface area contributed by atoms with E-state index in [0.717, 1.165) is 44.5 Å². The van der Waals surface area contributed by atoms with Crippen molar-refractivity contribution in [2.24, 2.45) is 0 Å². The molecule has 0 bridgehead atoms. The second-order valence-electron chi connectivity index (χ2n) is 8.03. The molecule has 0 saturated carbocycles. The molecule has 0 aliphatic carbocycles. The van der Waals surface area contributed by atoms with E-state index in [1.165, 1.54) is 11.1 Å². The molecular formula is C24H29N3O2. The first-order chi connectivity index (χ1) is 14.2. The predicted octanol–water partition coefficient (Wildman–Crippen LogP) is 4.08. The molecule has 1 aromatic carbocycles. The standard InChI is InChI=1S/C24H29N3O2/c1-19-9-16-29-24(17-19)10-14-27(15-11-24)23(28)21-18-25-12-8-22(21)26-13-7-20-5-3-2-4-6-20/h2-6,8,12,17-18H,7,9-11,13-16H2,1H3,(H,25,26). The molecule has 0 atom stereocenters. The average molecular weight is 392 g/mol. The molecule has 5 heteroatoms. The molecular weight excluding hydrogens is 362 g/mol. The van der Waals surface area contributed by atoms with Gasteiger partial charge in [-0.1, -0.05) is 42.0 Å². The molecule has 3 heterocycles. The second kappa shape index (κ2) is 8.78. The number of nitrogens with one attached hydrogen (secondary N) is 1. The third kappa shape index (κ3) is 4.67. The van der Waals surface area contributed by atoms with E-state index >= 15 is 0 Å². The summed E-state index contributed by atoms with van der Waals surface area (Å²) >= 11 is 0. The Morgan fingerprint density at radius 1 is 1.21 bits per heavy atom. The number of hydrogen-bond donors (Lipinski definition) is 1. The molecule has 0 radical (unpaired) electrons. The Kier molecular flexibility index (Phi) is 5.95. The van der Waals surface area contributed by atoms with Crippen molar-refractivity contribution in [3.8, 4) is 0 Å². The number of carbonyl (C=O) groups is 1. The number of piperidine rings is 1. The van der Waals surface area contributed by atoms with Crippen molar-refractivity contribution >= 4 is 11.6 Å². The quantitative estimate of drug-likeness (QED) is 0.781. The molecule has 0 unspecified atom stereocenters. The molecule has 4 rings (SSSR count). The van der Waals surface area contributed by atoms with Gasteiger partial charge in [0.25, 0.3) is 5.91 Å². The maximum atomic E-state index is 13.2. The molecule has 1 saturated heterocycles. The summed E-state index contributed by atoms with van der Waals surface area (Å²) in [5.41, 5.74) is 4.00. The van der Waals surface area contributed by atoms with Gasteiger partial charge in [-0.15, -0.1) is 0 Å². The number of amides is 1. The summed E-state index contributed by atoms with van der Waals surface area (Å²) in [5.74, 6) is 0.0478. The van der Waals surface area contributed by atoms with Gasteiger partial charge in [-0.2, -0.15) is 0 Å². The zero-order valence-electron chi connectivity index (χ0n) is 17.1. The largest absolute Gasteiger partial charge is 0.384 e. The predicted molar refractivity (Wildman–Crippen MR) is 115 cm³/mol. The third-order valence-corrected chi connectivity index (χ3v) is 5.92. The number of rotatable bonds is 5. The summed E-state index contributed by atoms with van der Waals surface area (Å²) in [5, 5.41) is 3.42. The summed E-state index contributed by atoms with van der Waals surface area (Å²) in [6.45, 7) is 5.15. The van der Waals surface area contributed by atoms with Gasteiger partial charge >= 0.3 is 0 Å². The van der Waals surface area contributed by atoms with Crippen LogP contribution in [0.3, 0.4) is 0 Å². The first kappa shape index (κ1) is 19.6. The minimum absolute atomic E-state index is 0.0478. The molecule has 2 aromatic rings. The lowest BCUT2D eigenvalue weighted by atomic mass is 9.87. The summed E-state index contributed by atoms with van der Waals surface area (Å²) in [7, 11) is 0. The highest BCUT2D eigenvalue weighted by molar-refractivity contribution is 5.99. The fourth-order valence-corrected chi connectivity index (χ4v) is 4.23. The first-order valence-electron chi connectivity index (χ1n) is 10.5. The van der Waals surface area contributed by atoms with Gasteiger partial charge in [-0.05, 0) is 44.2 Å². The van der Waals surface area contributed by atoms with Crippen LogP contribution >= 0.6 is 0 Å². The summed E-state index contributed by atoms with van der Waals surface area (Å²) < 4.78 is 6.09. The van der Waals surface area contributed by atoms with Gasteiger partial charge < -0.3 is 15.0 Å². The molecule has 2 aliphatic heterocycles. The van der Waals surface area contributed by atoms with Crippen molar-refractivity contribution in [3.05, 3.63) is 71.6 Å². The maximum absolute atomic E-state index is 13.2. The number of nitrogens with zero attached hydrogens (tertiary/aromatic N) is 2. The molecule has 1 aromatic heterocycles. The normalized spacial score (nSPS) is 18.4. The van der Waals surface area contributed by atoms with Crippen LogP contribution in [-0.2, 0) is 11.2 Å². The fourth-order valence-electron chi connectivity index (χ4n) is 4.23. The Bertz CT molecular complexity index is 871. The minimum Gasteiger partial charge on any atom is -0.384 e. The SMILES string of the molecule is CC1=CC2(CCN(C(=O)c3cnccc3NCCc3ccccc3)CC2)OCC1. The van der Waals surface area contributed by atoms with Crippen LogP contribution in [0.5, 0.6) is 0 Å². The lowest BCUT2D eigenvalue weighted by Crippen LogP contribution is -2.48. The number of carbonyl (C=O) groups excluding carboxylic acids is 1. The molecule has 2 aliphatic rings. The van der Waals surface area contributed by atoms with E-state index < -0.39 is 0 Å². The Balaban J connectivity index is 1.38. The number of hydrogen-bond acceptors (Lipinski definition) is 4. The van der Waals surface area contributed by atoms with Gasteiger partial charge in [0, 0.05) is 32.0 Å². The van der Waals surface area contributed by atoms with E-state index in [1.54, 1.807) is 12.4 Å². The van der Waals surface area contributed by atoms with Crippen molar-refractivity contribution in [2.45, 2.75) is 38.2 Å². The Labute approximate surface area is 172 Å². The van der Waals surface area contributed by atoms with E-state index in [9.17, 15) is 4.79 Å². The number of benzene rings is 1. The van der Waals surface area contributed by atoms with Gasteiger partial charge in [-0.3, -0.25) is 9.78 Å². The van der Waals surface area contributed by atoms with Crippen molar-refractivity contribution in [1.82, 2.24) is 9.88 Å². The zero-order chi connectivity index (χ0) is 20.1. The van der Waals surface area contributed by atoms with Crippen LogP contribution in [0.4, 0.5) is 5.69 Å². The topological polar surface area (TPSA) is 54.5 Å². The van der Waals surface area contributed by atoms with Crippen molar-refractivity contribution in [1.29, 1.82) is 0 Å².